The molecule has 4 nitrogen and oxygen atoms in total. The summed E-state index contributed by atoms with van der Waals surface area (Å²) in [5, 5.41) is 1.03. The van der Waals surface area contributed by atoms with Crippen LogP contribution in [0, 0.1) is 12.3 Å². The van der Waals surface area contributed by atoms with Gasteiger partial charge in [0.1, 0.15) is 0 Å². The van der Waals surface area contributed by atoms with Crippen LogP contribution in [0.2, 0.25) is 0 Å². The second kappa shape index (κ2) is 7.97. The van der Waals surface area contributed by atoms with E-state index in [1.165, 1.54) is 0 Å². The smallest absolute Gasteiger partial charge is 0.268 e. The molecule has 0 radical (unpaired) electrons. The SMILES string of the molecule is Cc1ccc(S(=O)(=O)n2c3c(c4ccccc42)[C@@H]2C=C[C@](COCc4ccccc4)(C3)C2)cc1. The van der Waals surface area contributed by atoms with Gasteiger partial charge in [0, 0.05) is 28.8 Å². The molecule has 0 amide bonds. The molecule has 0 fully saturated rings. The molecule has 2 atom stereocenters. The Labute approximate surface area is 200 Å². The molecule has 0 saturated carbocycles. The molecule has 2 aliphatic carbocycles. The molecule has 0 aliphatic heterocycles. The molecule has 3 aromatic carbocycles. The summed E-state index contributed by atoms with van der Waals surface area (Å²) < 4.78 is 35.7. The zero-order valence-electron chi connectivity index (χ0n) is 19.1. The van der Waals surface area contributed by atoms with Gasteiger partial charge in [0.15, 0.2) is 0 Å². The maximum atomic E-state index is 13.9. The third-order valence-corrected chi connectivity index (χ3v) is 8.99. The zero-order valence-corrected chi connectivity index (χ0v) is 20.0. The van der Waals surface area contributed by atoms with E-state index in [0.717, 1.165) is 39.7 Å². The summed E-state index contributed by atoms with van der Waals surface area (Å²) >= 11 is 0. The zero-order chi connectivity index (χ0) is 23.3. The van der Waals surface area contributed by atoms with Crippen molar-refractivity contribution in [2.75, 3.05) is 6.61 Å². The standard InChI is InChI=1S/C29H27NO3S/c1-21-11-13-24(14-12-21)34(31,32)30-26-10-6-5-9-25(26)28-23-15-16-29(17-23,18-27(28)30)20-33-19-22-7-3-2-4-8-22/h2-16,23H,17-20H2,1H3/t23-,29-/m1/s1. The van der Waals surface area contributed by atoms with Crippen molar-refractivity contribution in [3.63, 3.8) is 0 Å². The van der Waals surface area contributed by atoms with Gasteiger partial charge in [-0.05, 0) is 42.7 Å². The molecular formula is C29H27NO3S. The van der Waals surface area contributed by atoms with Crippen LogP contribution in [-0.4, -0.2) is 19.0 Å². The van der Waals surface area contributed by atoms with Crippen LogP contribution < -0.4 is 0 Å². The third kappa shape index (κ3) is 3.42. The Hall–Kier alpha value is -3.15. The molecule has 5 heteroatoms. The second-order valence-corrected chi connectivity index (χ2v) is 11.4. The van der Waals surface area contributed by atoms with E-state index in [1.54, 1.807) is 16.1 Å². The Bertz CT molecular complexity index is 1500. The first-order valence-corrected chi connectivity index (χ1v) is 13.2. The molecule has 4 aromatic rings. The van der Waals surface area contributed by atoms with Crippen molar-refractivity contribution in [1.29, 1.82) is 0 Å². The van der Waals surface area contributed by atoms with Gasteiger partial charge in [-0.25, -0.2) is 12.4 Å². The first-order valence-electron chi connectivity index (χ1n) is 11.7. The molecule has 1 heterocycles. The van der Waals surface area contributed by atoms with Crippen molar-refractivity contribution in [3.05, 3.63) is 113 Å². The maximum absolute atomic E-state index is 13.9. The van der Waals surface area contributed by atoms with E-state index < -0.39 is 10.0 Å². The third-order valence-electron chi connectivity index (χ3n) is 7.23. The molecule has 0 saturated heterocycles. The quantitative estimate of drug-likeness (QED) is 0.326. The minimum atomic E-state index is -3.74. The van der Waals surface area contributed by atoms with Gasteiger partial charge < -0.3 is 4.74 Å². The second-order valence-electron chi connectivity index (χ2n) is 9.65. The van der Waals surface area contributed by atoms with Crippen molar-refractivity contribution in [1.82, 2.24) is 3.97 Å². The van der Waals surface area contributed by atoms with E-state index in [1.807, 2.05) is 55.5 Å². The van der Waals surface area contributed by atoms with E-state index in [2.05, 4.69) is 30.4 Å². The van der Waals surface area contributed by atoms with Crippen LogP contribution in [0.15, 0.2) is 95.9 Å². The van der Waals surface area contributed by atoms with Crippen LogP contribution >= 0.6 is 0 Å². The number of fused-ring (bicyclic) bond motifs is 6. The highest BCUT2D eigenvalue weighted by Gasteiger charge is 2.45. The van der Waals surface area contributed by atoms with Crippen molar-refractivity contribution in [2.45, 2.75) is 37.2 Å². The van der Waals surface area contributed by atoms with Crippen molar-refractivity contribution >= 4 is 20.9 Å². The Morgan fingerprint density at radius 3 is 2.50 bits per heavy atom. The highest BCUT2D eigenvalue weighted by atomic mass is 32.2. The lowest BCUT2D eigenvalue weighted by Crippen LogP contribution is -2.32. The van der Waals surface area contributed by atoms with Crippen LogP contribution in [-0.2, 0) is 27.8 Å². The fourth-order valence-electron chi connectivity index (χ4n) is 5.62. The minimum absolute atomic E-state index is 0.193. The van der Waals surface area contributed by atoms with E-state index in [9.17, 15) is 8.42 Å². The summed E-state index contributed by atoms with van der Waals surface area (Å²) in [5.74, 6) is 0.198. The maximum Gasteiger partial charge on any atom is 0.268 e. The summed E-state index contributed by atoms with van der Waals surface area (Å²) in [4.78, 5) is 0.321. The predicted octanol–water partition coefficient (Wildman–Crippen LogP) is 5.99. The van der Waals surface area contributed by atoms with Gasteiger partial charge in [-0.2, -0.15) is 0 Å². The number of benzene rings is 3. The van der Waals surface area contributed by atoms with E-state index >= 15 is 0 Å². The number of rotatable bonds is 6. The molecule has 1 aromatic heterocycles. The van der Waals surface area contributed by atoms with Gasteiger partial charge in [0.25, 0.3) is 10.0 Å². The predicted molar refractivity (Wildman–Crippen MR) is 134 cm³/mol. The van der Waals surface area contributed by atoms with E-state index in [4.69, 9.17) is 4.74 Å². The summed E-state index contributed by atoms with van der Waals surface area (Å²) in [7, 11) is -3.74. The van der Waals surface area contributed by atoms with Gasteiger partial charge in [-0.1, -0.05) is 78.4 Å². The highest BCUT2D eigenvalue weighted by molar-refractivity contribution is 7.90. The average Bonchev–Trinajstić information content (AvgIpc) is 3.36. The molecule has 34 heavy (non-hydrogen) atoms. The van der Waals surface area contributed by atoms with Crippen molar-refractivity contribution in [2.24, 2.45) is 5.41 Å². The highest BCUT2D eigenvalue weighted by Crippen LogP contribution is 2.52. The number of nitrogens with zero attached hydrogens (tertiary/aromatic N) is 1. The molecule has 6 rings (SSSR count). The lowest BCUT2D eigenvalue weighted by Gasteiger charge is -2.34. The Morgan fingerprint density at radius 2 is 1.71 bits per heavy atom. The molecule has 172 valence electrons. The van der Waals surface area contributed by atoms with Crippen LogP contribution in [0.5, 0.6) is 0 Å². The molecule has 2 aliphatic rings. The molecule has 2 bridgehead atoms. The van der Waals surface area contributed by atoms with Crippen LogP contribution in [0.4, 0.5) is 0 Å². The number of aromatic nitrogens is 1. The number of allylic oxidation sites excluding steroid dienone is 1. The van der Waals surface area contributed by atoms with Gasteiger partial charge in [-0.3, -0.25) is 0 Å². The largest absolute Gasteiger partial charge is 0.376 e. The van der Waals surface area contributed by atoms with E-state index in [-0.39, 0.29) is 11.3 Å². The summed E-state index contributed by atoms with van der Waals surface area (Å²) in [6, 6.07) is 25.2. The Kier molecular flexibility index (Phi) is 5.01. The Morgan fingerprint density at radius 1 is 0.971 bits per heavy atom. The fourth-order valence-corrected chi connectivity index (χ4v) is 7.18. The molecule has 0 unspecified atom stereocenters. The molecular weight excluding hydrogens is 442 g/mol. The first-order chi connectivity index (χ1) is 16.5. The minimum Gasteiger partial charge on any atom is -0.376 e. The van der Waals surface area contributed by atoms with Crippen LogP contribution in [0.3, 0.4) is 0 Å². The van der Waals surface area contributed by atoms with E-state index in [0.29, 0.717) is 24.5 Å². The Balaban J connectivity index is 1.41. The van der Waals surface area contributed by atoms with Gasteiger partial charge in [0.05, 0.1) is 23.6 Å². The summed E-state index contributed by atoms with van der Waals surface area (Å²) in [5.41, 5.74) is 4.79. The molecule has 0 N–H and O–H groups in total. The fraction of sp³-hybridized carbons (Fsp3) is 0.241. The normalized spacial score (nSPS) is 21.1. The monoisotopic (exact) mass is 469 g/mol. The number of ether oxygens (including phenoxy) is 1. The number of hydrogen-bond acceptors (Lipinski definition) is 3. The number of para-hydroxylation sites is 1. The van der Waals surface area contributed by atoms with Crippen LogP contribution in [0.1, 0.15) is 34.7 Å². The number of hydrogen-bond donors (Lipinski definition) is 0. The molecule has 0 spiro atoms. The topological polar surface area (TPSA) is 48.3 Å². The van der Waals surface area contributed by atoms with Gasteiger partial charge in [-0.15, -0.1) is 0 Å². The lowest BCUT2D eigenvalue weighted by molar-refractivity contribution is 0.0518. The lowest BCUT2D eigenvalue weighted by atomic mass is 9.74. The van der Waals surface area contributed by atoms with Crippen molar-refractivity contribution in [3.8, 4) is 0 Å². The van der Waals surface area contributed by atoms with Crippen molar-refractivity contribution < 1.29 is 13.2 Å². The average molecular weight is 470 g/mol. The number of aryl methyl sites for hydroxylation is 1. The van der Waals surface area contributed by atoms with Gasteiger partial charge >= 0.3 is 0 Å². The van der Waals surface area contributed by atoms with Crippen LogP contribution in [0.25, 0.3) is 10.9 Å². The summed E-state index contributed by atoms with van der Waals surface area (Å²) in [6.45, 7) is 3.09. The summed E-state index contributed by atoms with van der Waals surface area (Å²) in [6.07, 6.45) is 6.12. The van der Waals surface area contributed by atoms with Gasteiger partial charge in [0.2, 0.25) is 0 Å². The first kappa shape index (κ1) is 21.4.